The van der Waals surface area contributed by atoms with Crippen molar-refractivity contribution in [3.8, 4) is 16.9 Å². The molecular weight excluding hydrogens is 274 g/mol. The maximum Gasteiger partial charge on any atom is 0.176 e. The molecule has 3 heteroatoms. The van der Waals surface area contributed by atoms with Gasteiger partial charge < -0.3 is 4.74 Å². The Morgan fingerprint density at radius 2 is 1.82 bits per heavy atom. The van der Waals surface area contributed by atoms with Crippen LogP contribution in [0.25, 0.3) is 11.1 Å². The first-order valence-electron chi connectivity index (χ1n) is 7.77. The van der Waals surface area contributed by atoms with Crippen molar-refractivity contribution in [3.63, 3.8) is 0 Å². The van der Waals surface area contributed by atoms with Gasteiger partial charge in [-0.1, -0.05) is 30.3 Å². The number of nitrogens with zero attached hydrogens (tertiary/aromatic N) is 1. The van der Waals surface area contributed by atoms with E-state index in [4.69, 9.17) is 4.74 Å². The summed E-state index contributed by atoms with van der Waals surface area (Å²) in [5.41, 5.74) is 2.79. The number of likely N-dealkylation sites (tertiary alicyclic amines) is 1. The Labute approximate surface area is 131 Å². The Morgan fingerprint density at radius 1 is 1.09 bits per heavy atom. The second-order valence-electron chi connectivity index (χ2n) is 5.69. The van der Waals surface area contributed by atoms with Crippen molar-refractivity contribution in [3.05, 3.63) is 54.1 Å². The third kappa shape index (κ3) is 3.20. The molecule has 0 saturated carbocycles. The van der Waals surface area contributed by atoms with Crippen LogP contribution in [0.3, 0.4) is 0 Å². The van der Waals surface area contributed by atoms with Crippen LogP contribution in [0.2, 0.25) is 0 Å². The lowest BCUT2D eigenvalue weighted by Gasteiger charge is -2.15. The molecule has 114 valence electrons. The van der Waals surface area contributed by atoms with Gasteiger partial charge in [0.25, 0.3) is 0 Å². The van der Waals surface area contributed by atoms with Crippen LogP contribution in [-0.2, 0) is 0 Å². The summed E-state index contributed by atoms with van der Waals surface area (Å²) >= 11 is 0. The van der Waals surface area contributed by atoms with Gasteiger partial charge in [-0.05, 0) is 49.7 Å². The molecule has 0 aliphatic carbocycles. The quantitative estimate of drug-likeness (QED) is 0.789. The number of hydrogen-bond acceptors (Lipinski definition) is 3. The molecule has 1 aliphatic heterocycles. The van der Waals surface area contributed by atoms with Crippen molar-refractivity contribution in [2.45, 2.75) is 12.8 Å². The molecule has 22 heavy (non-hydrogen) atoms. The first-order valence-corrected chi connectivity index (χ1v) is 7.77. The predicted molar refractivity (Wildman–Crippen MR) is 88.4 cm³/mol. The lowest BCUT2D eigenvalue weighted by atomic mass is 10.00. The van der Waals surface area contributed by atoms with E-state index in [1.165, 1.54) is 12.8 Å². The predicted octanol–water partition coefficient (Wildman–Crippen LogP) is 3.64. The first kappa shape index (κ1) is 14.8. The molecule has 2 aromatic carbocycles. The third-order valence-electron chi connectivity index (χ3n) is 4.17. The van der Waals surface area contributed by atoms with Crippen LogP contribution < -0.4 is 4.74 Å². The fourth-order valence-electron chi connectivity index (χ4n) is 2.96. The second kappa shape index (κ2) is 6.75. The van der Waals surface area contributed by atoms with Crippen molar-refractivity contribution < 1.29 is 9.53 Å². The van der Waals surface area contributed by atoms with Gasteiger partial charge in [0.2, 0.25) is 0 Å². The normalized spacial score (nSPS) is 15.0. The van der Waals surface area contributed by atoms with E-state index in [0.29, 0.717) is 6.54 Å². The van der Waals surface area contributed by atoms with Gasteiger partial charge in [0.05, 0.1) is 13.7 Å². The summed E-state index contributed by atoms with van der Waals surface area (Å²) in [6.07, 6.45) is 2.40. The molecule has 0 bridgehead atoms. The maximum atomic E-state index is 12.5. The minimum atomic E-state index is 0.182. The van der Waals surface area contributed by atoms with Gasteiger partial charge in [0.15, 0.2) is 5.78 Å². The summed E-state index contributed by atoms with van der Waals surface area (Å²) in [6.45, 7) is 2.58. The lowest BCUT2D eigenvalue weighted by molar-refractivity contribution is 0.0945. The van der Waals surface area contributed by atoms with Crippen molar-refractivity contribution in [1.29, 1.82) is 0 Å². The molecular formula is C19H21NO2. The van der Waals surface area contributed by atoms with Crippen molar-refractivity contribution in [2.24, 2.45) is 0 Å². The molecule has 3 nitrogen and oxygen atoms in total. The Kier molecular flexibility index (Phi) is 4.54. The van der Waals surface area contributed by atoms with Gasteiger partial charge in [0, 0.05) is 11.1 Å². The van der Waals surface area contributed by atoms with Gasteiger partial charge in [-0.25, -0.2) is 0 Å². The zero-order valence-corrected chi connectivity index (χ0v) is 12.9. The zero-order valence-electron chi connectivity index (χ0n) is 12.9. The lowest BCUT2D eigenvalue weighted by Crippen LogP contribution is -2.26. The molecule has 0 unspecified atom stereocenters. The molecule has 1 fully saturated rings. The molecule has 1 saturated heterocycles. The Bertz CT molecular complexity index is 646. The SMILES string of the molecule is COc1ccc(C(=O)CN2CCCC2)cc1-c1ccccc1. The molecule has 0 radical (unpaired) electrons. The van der Waals surface area contributed by atoms with Crippen LogP contribution >= 0.6 is 0 Å². The average Bonchev–Trinajstić information content (AvgIpc) is 3.08. The third-order valence-corrected chi connectivity index (χ3v) is 4.17. The monoisotopic (exact) mass is 295 g/mol. The topological polar surface area (TPSA) is 29.5 Å². The van der Waals surface area contributed by atoms with Gasteiger partial charge in [-0.15, -0.1) is 0 Å². The molecule has 0 N–H and O–H groups in total. The summed E-state index contributed by atoms with van der Waals surface area (Å²) in [5.74, 6) is 0.977. The number of rotatable bonds is 5. The Hall–Kier alpha value is -2.13. The highest BCUT2D eigenvalue weighted by atomic mass is 16.5. The molecule has 0 amide bonds. The van der Waals surface area contributed by atoms with Gasteiger partial charge >= 0.3 is 0 Å². The van der Waals surface area contributed by atoms with Crippen molar-refractivity contribution in [1.82, 2.24) is 4.90 Å². The summed E-state index contributed by atoms with van der Waals surface area (Å²) in [6, 6.07) is 15.7. The fourth-order valence-corrected chi connectivity index (χ4v) is 2.96. The van der Waals surface area contributed by atoms with Crippen molar-refractivity contribution in [2.75, 3.05) is 26.7 Å². The van der Waals surface area contributed by atoms with E-state index in [1.807, 2.05) is 48.5 Å². The molecule has 0 spiro atoms. The Morgan fingerprint density at radius 3 is 2.50 bits per heavy atom. The summed E-state index contributed by atoms with van der Waals surface area (Å²) in [5, 5.41) is 0. The number of methoxy groups -OCH3 is 1. The number of benzene rings is 2. The van der Waals surface area contributed by atoms with Crippen LogP contribution in [-0.4, -0.2) is 37.4 Å². The van der Waals surface area contributed by atoms with E-state index in [0.717, 1.165) is 35.5 Å². The van der Waals surface area contributed by atoms with Crippen molar-refractivity contribution >= 4 is 5.78 Å². The van der Waals surface area contributed by atoms with Gasteiger partial charge in [0.1, 0.15) is 5.75 Å². The van der Waals surface area contributed by atoms with E-state index in [1.54, 1.807) is 7.11 Å². The standard InChI is InChI=1S/C19H21NO2/c1-22-19-10-9-16(18(21)14-20-11-5-6-12-20)13-17(19)15-7-3-2-4-8-15/h2-4,7-10,13H,5-6,11-12,14H2,1H3. The summed E-state index contributed by atoms with van der Waals surface area (Å²) in [7, 11) is 1.66. The van der Waals surface area contributed by atoms with E-state index in [2.05, 4.69) is 4.90 Å². The molecule has 0 atom stereocenters. The summed E-state index contributed by atoms with van der Waals surface area (Å²) in [4.78, 5) is 14.7. The first-order chi connectivity index (χ1) is 10.8. The fraction of sp³-hybridized carbons (Fsp3) is 0.316. The van der Waals surface area contributed by atoms with Crippen LogP contribution in [0.15, 0.2) is 48.5 Å². The number of carbonyl (C=O) groups is 1. The number of hydrogen-bond donors (Lipinski definition) is 0. The number of Topliss-reactive ketones (excluding diaryl/α,β-unsaturated/α-hetero) is 1. The molecule has 2 aromatic rings. The van der Waals surface area contributed by atoms with Crippen LogP contribution in [0.5, 0.6) is 5.75 Å². The van der Waals surface area contributed by atoms with Gasteiger partial charge in [-0.2, -0.15) is 0 Å². The van der Waals surface area contributed by atoms with Crippen LogP contribution in [0.1, 0.15) is 23.2 Å². The van der Waals surface area contributed by atoms with E-state index >= 15 is 0 Å². The molecule has 1 heterocycles. The van der Waals surface area contributed by atoms with Crippen LogP contribution in [0.4, 0.5) is 0 Å². The van der Waals surface area contributed by atoms with Gasteiger partial charge in [-0.3, -0.25) is 9.69 Å². The van der Waals surface area contributed by atoms with Crippen LogP contribution in [0, 0.1) is 0 Å². The number of ketones is 1. The summed E-state index contributed by atoms with van der Waals surface area (Å²) < 4.78 is 5.45. The highest BCUT2D eigenvalue weighted by Crippen LogP contribution is 2.31. The average molecular weight is 295 g/mol. The minimum absolute atomic E-state index is 0.182. The second-order valence-corrected chi connectivity index (χ2v) is 5.69. The number of ether oxygens (including phenoxy) is 1. The zero-order chi connectivity index (χ0) is 15.4. The smallest absolute Gasteiger partial charge is 0.176 e. The van der Waals surface area contributed by atoms with E-state index in [-0.39, 0.29) is 5.78 Å². The number of carbonyl (C=O) groups excluding carboxylic acids is 1. The van der Waals surface area contributed by atoms with E-state index < -0.39 is 0 Å². The van der Waals surface area contributed by atoms with E-state index in [9.17, 15) is 4.79 Å². The largest absolute Gasteiger partial charge is 0.496 e. The molecule has 1 aliphatic rings. The maximum absolute atomic E-state index is 12.5. The molecule has 0 aromatic heterocycles. The highest BCUT2D eigenvalue weighted by Gasteiger charge is 2.17. The highest BCUT2D eigenvalue weighted by molar-refractivity contribution is 5.99. The Balaban J connectivity index is 1.88. The minimum Gasteiger partial charge on any atom is -0.496 e. The molecule has 3 rings (SSSR count).